The van der Waals surface area contributed by atoms with Gasteiger partial charge in [0.2, 0.25) is 42.0 Å². The van der Waals surface area contributed by atoms with Gasteiger partial charge in [-0.1, -0.05) is 30.3 Å². The number of hydrogen-bond donors (Lipinski definition) is 6. The lowest BCUT2D eigenvalue weighted by molar-refractivity contribution is 0.148. The summed E-state index contributed by atoms with van der Waals surface area (Å²) >= 11 is 0. The molecule has 6 N–H and O–H groups in total. The number of hydrogen-bond acceptors (Lipinski definition) is 16. The van der Waals surface area contributed by atoms with Crippen molar-refractivity contribution in [3.8, 4) is 0 Å². The first-order valence-electron chi connectivity index (χ1n) is 25.0. The Morgan fingerprint density at radius 2 is 1.03 bits per heavy atom. The maximum atomic E-state index is 14.0. The molecular formula is C53H69N13O6S3. The number of nitrogens with one attached hydrogen (secondary N) is 6. The van der Waals surface area contributed by atoms with Crippen LogP contribution in [-0.4, -0.2) is 117 Å². The molecule has 400 valence electrons. The van der Waals surface area contributed by atoms with Crippen molar-refractivity contribution in [2.24, 2.45) is 5.92 Å². The van der Waals surface area contributed by atoms with Gasteiger partial charge in [0.05, 0.1) is 14.7 Å². The highest BCUT2D eigenvalue weighted by molar-refractivity contribution is 7.90. The van der Waals surface area contributed by atoms with Gasteiger partial charge < -0.3 is 26.2 Å². The SMILES string of the molecule is Cc1cnc(Nc2cccc(S(=O)(=O)N3CCC(CC(C)(C)NS(=O)(=O)c4cccc(Nc5nc(Nc6ccc(CN7CCN(C)CC7)cc6)ncc5C)c4)CC3)c2)nc1Nc1cccc(S(=O)(=O)NC(C)(C)C)c1. The number of piperidine rings is 1. The Morgan fingerprint density at radius 1 is 0.560 bits per heavy atom. The van der Waals surface area contributed by atoms with Gasteiger partial charge in [-0.05, 0) is 153 Å². The molecule has 0 amide bonds. The van der Waals surface area contributed by atoms with Gasteiger partial charge in [0.1, 0.15) is 11.6 Å². The Morgan fingerprint density at radius 3 is 1.55 bits per heavy atom. The summed E-state index contributed by atoms with van der Waals surface area (Å²) in [6.45, 7) is 18.4. The minimum atomic E-state index is -3.97. The summed E-state index contributed by atoms with van der Waals surface area (Å²) in [6, 6.07) is 27.7. The van der Waals surface area contributed by atoms with Crippen LogP contribution in [-0.2, 0) is 36.6 Å². The zero-order chi connectivity index (χ0) is 53.8. The zero-order valence-electron chi connectivity index (χ0n) is 43.8. The van der Waals surface area contributed by atoms with E-state index in [-0.39, 0.29) is 39.6 Å². The number of sulfonamides is 3. The zero-order valence-corrected chi connectivity index (χ0v) is 46.3. The van der Waals surface area contributed by atoms with Crippen molar-refractivity contribution in [1.29, 1.82) is 0 Å². The molecule has 2 aromatic heterocycles. The van der Waals surface area contributed by atoms with Gasteiger partial charge in [0.25, 0.3) is 0 Å². The van der Waals surface area contributed by atoms with Gasteiger partial charge in [0.15, 0.2) is 0 Å². The second-order valence-corrected chi connectivity index (χ2v) is 26.5. The predicted molar refractivity (Wildman–Crippen MR) is 296 cm³/mol. The fourth-order valence-electron chi connectivity index (χ4n) is 9.11. The average Bonchev–Trinajstić information content (AvgIpc) is 3.34. The molecule has 4 aromatic carbocycles. The van der Waals surface area contributed by atoms with E-state index >= 15 is 0 Å². The van der Waals surface area contributed by atoms with E-state index in [0.29, 0.717) is 59.5 Å². The van der Waals surface area contributed by atoms with E-state index in [2.05, 4.69) is 74.6 Å². The van der Waals surface area contributed by atoms with E-state index in [0.717, 1.165) is 44.0 Å². The number of rotatable bonds is 19. The summed E-state index contributed by atoms with van der Waals surface area (Å²) in [7, 11) is -9.49. The van der Waals surface area contributed by atoms with E-state index in [4.69, 9.17) is 4.98 Å². The fraction of sp³-hybridized carbons (Fsp3) is 0.396. The van der Waals surface area contributed by atoms with Crippen molar-refractivity contribution in [3.05, 3.63) is 126 Å². The Kier molecular flexibility index (Phi) is 16.6. The maximum Gasteiger partial charge on any atom is 0.243 e. The molecule has 0 spiro atoms. The summed E-state index contributed by atoms with van der Waals surface area (Å²) < 4.78 is 89.0. The second-order valence-electron chi connectivity index (χ2n) is 21.2. The Balaban J connectivity index is 0.838. The molecule has 0 unspecified atom stereocenters. The molecule has 2 saturated heterocycles. The molecule has 0 bridgehead atoms. The Hall–Kier alpha value is -6.11. The number of aromatic nitrogens is 4. The average molecular weight is 1080 g/mol. The van der Waals surface area contributed by atoms with Gasteiger partial charge >= 0.3 is 0 Å². The quantitative estimate of drug-likeness (QED) is 0.0448. The lowest BCUT2D eigenvalue weighted by Gasteiger charge is -2.36. The highest BCUT2D eigenvalue weighted by Crippen LogP contribution is 2.32. The molecular weight excluding hydrogens is 1010 g/mol. The summed E-state index contributed by atoms with van der Waals surface area (Å²) in [5.74, 6) is 1.63. The van der Waals surface area contributed by atoms with Crippen LogP contribution in [0.3, 0.4) is 0 Å². The maximum absolute atomic E-state index is 14.0. The van der Waals surface area contributed by atoms with Crippen molar-refractivity contribution >= 4 is 76.4 Å². The van der Waals surface area contributed by atoms with E-state index in [1.807, 2.05) is 39.8 Å². The summed E-state index contributed by atoms with van der Waals surface area (Å²) in [5, 5.41) is 12.9. The molecule has 0 saturated carbocycles. The molecule has 75 heavy (non-hydrogen) atoms. The standard InChI is InChI=1S/C53H69N13O6S3/c1-37-34-54-50(58-41-20-18-40(19-21-41)36-65-28-26-64(8)27-29-65)60-48(37)57-43-13-10-16-46(31-43)74(69,70)63-53(6,7)33-39-22-24-66(25-23-39)75(71,72)47-17-11-14-44(32-47)59-51-55-35-38(2)49(61-51)56-42-12-9-15-45(30-42)73(67,68)62-52(3,4)5/h9-21,30-32,34-35,39,62-63H,22-29,33,36H2,1-8H3,(H2,54,57,58,60)(H2,55,56,59,61). The molecule has 0 radical (unpaired) electrons. The summed E-state index contributed by atoms with van der Waals surface area (Å²) in [5.41, 5.74) is 3.57. The molecule has 6 aromatic rings. The van der Waals surface area contributed by atoms with Gasteiger partial charge in [-0.15, -0.1) is 0 Å². The molecule has 19 nitrogen and oxygen atoms in total. The lowest BCUT2D eigenvalue weighted by Crippen LogP contribution is -2.46. The molecule has 2 aliphatic rings. The van der Waals surface area contributed by atoms with Crippen molar-refractivity contribution < 1.29 is 25.3 Å². The van der Waals surface area contributed by atoms with Crippen LogP contribution in [0.25, 0.3) is 0 Å². The third-order valence-corrected chi connectivity index (χ3v) is 18.3. The molecule has 2 fully saturated rings. The third-order valence-electron chi connectivity index (χ3n) is 12.9. The monoisotopic (exact) mass is 1080 g/mol. The summed E-state index contributed by atoms with van der Waals surface area (Å²) in [6.07, 6.45) is 4.92. The van der Waals surface area contributed by atoms with Gasteiger partial charge in [-0.3, -0.25) is 4.90 Å². The second kappa shape index (κ2) is 22.6. The van der Waals surface area contributed by atoms with Crippen molar-refractivity contribution in [2.45, 2.75) is 100 Å². The minimum Gasteiger partial charge on any atom is -0.340 e. The number of piperazine rings is 1. The Labute approximate surface area is 442 Å². The highest BCUT2D eigenvalue weighted by atomic mass is 32.2. The van der Waals surface area contributed by atoms with Crippen LogP contribution in [0, 0.1) is 19.8 Å². The topological polar surface area (TPSA) is 236 Å². The third kappa shape index (κ3) is 14.8. The number of nitrogens with zero attached hydrogens (tertiary/aromatic N) is 7. The molecule has 2 aliphatic heterocycles. The smallest absolute Gasteiger partial charge is 0.243 e. The van der Waals surface area contributed by atoms with E-state index in [1.165, 1.54) is 28.1 Å². The molecule has 4 heterocycles. The number of benzene rings is 4. The van der Waals surface area contributed by atoms with Crippen molar-refractivity contribution in [1.82, 2.24) is 43.5 Å². The highest BCUT2D eigenvalue weighted by Gasteiger charge is 2.34. The minimum absolute atomic E-state index is 0.0623. The fourth-order valence-corrected chi connectivity index (χ4v) is 13.6. The number of anilines is 8. The first kappa shape index (κ1) is 55.1. The summed E-state index contributed by atoms with van der Waals surface area (Å²) in [4.78, 5) is 23.3. The van der Waals surface area contributed by atoms with E-state index in [9.17, 15) is 25.3 Å². The van der Waals surface area contributed by atoms with E-state index in [1.54, 1.807) is 87.8 Å². The Bertz CT molecular complexity index is 3320. The van der Waals surface area contributed by atoms with Crippen LogP contribution in [0.4, 0.5) is 46.3 Å². The first-order chi connectivity index (χ1) is 35.4. The van der Waals surface area contributed by atoms with Crippen molar-refractivity contribution in [3.63, 3.8) is 0 Å². The van der Waals surface area contributed by atoms with Crippen molar-refractivity contribution in [2.75, 3.05) is 67.6 Å². The largest absolute Gasteiger partial charge is 0.340 e. The normalized spacial score (nSPS) is 15.9. The van der Waals surface area contributed by atoms with Gasteiger partial charge in [-0.25, -0.2) is 44.7 Å². The number of likely N-dealkylation sites (N-methyl/N-ethyl adjacent to an activating group) is 1. The van der Waals surface area contributed by atoms with Crippen LogP contribution in [0.2, 0.25) is 0 Å². The molecule has 22 heteroatoms. The van der Waals surface area contributed by atoms with Gasteiger partial charge in [0, 0.05) is 103 Å². The van der Waals surface area contributed by atoms with E-state index < -0.39 is 41.1 Å². The van der Waals surface area contributed by atoms with Crippen LogP contribution >= 0.6 is 0 Å². The molecule has 0 aliphatic carbocycles. The molecule has 0 atom stereocenters. The number of aryl methyl sites for hydroxylation is 2. The van der Waals surface area contributed by atoms with Gasteiger partial charge in [-0.2, -0.15) is 14.3 Å². The molecule has 8 rings (SSSR count). The first-order valence-corrected chi connectivity index (χ1v) is 29.4. The van der Waals surface area contributed by atoms with Crippen LogP contribution < -0.4 is 30.7 Å². The predicted octanol–water partition coefficient (Wildman–Crippen LogP) is 8.23. The van der Waals surface area contributed by atoms with Crippen LogP contribution in [0.1, 0.15) is 70.6 Å². The van der Waals surface area contributed by atoms with Crippen LogP contribution in [0.15, 0.2) is 124 Å². The van der Waals surface area contributed by atoms with Crippen LogP contribution in [0.5, 0.6) is 0 Å². The lowest BCUT2D eigenvalue weighted by atomic mass is 9.85.